The normalized spacial score (nSPS) is 29.2. The number of nitrogens with zero attached hydrogens (tertiary/aromatic N) is 2. The lowest BCUT2D eigenvalue weighted by Crippen LogP contribution is -2.52. The molecule has 1 saturated heterocycles. The Morgan fingerprint density at radius 3 is 2.79 bits per heavy atom. The van der Waals surface area contributed by atoms with Crippen LogP contribution >= 0.6 is 0 Å². The highest BCUT2D eigenvalue weighted by Gasteiger charge is 2.35. The van der Waals surface area contributed by atoms with Crippen LogP contribution in [0.1, 0.15) is 25.7 Å². The van der Waals surface area contributed by atoms with Gasteiger partial charge in [-0.25, -0.2) is 0 Å². The van der Waals surface area contributed by atoms with Gasteiger partial charge in [-0.1, -0.05) is 12.8 Å². The number of ether oxygens (including phenoxy) is 1. The summed E-state index contributed by atoms with van der Waals surface area (Å²) in [6.07, 6.45) is 4.44. The Hall–Kier alpha value is -1.08. The van der Waals surface area contributed by atoms with Gasteiger partial charge in [0.15, 0.2) is 0 Å². The van der Waals surface area contributed by atoms with Crippen LogP contribution < -0.4 is 0 Å². The van der Waals surface area contributed by atoms with E-state index in [4.69, 9.17) is 10.00 Å². The van der Waals surface area contributed by atoms with Gasteiger partial charge in [0.05, 0.1) is 12.7 Å². The Bertz CT molecular complexity index is 266. The van der Waals surface area contributed by atoms with Crippen LogP contribution in [0, 0.1) is 11.3 Å². The van der Waals surface area contributed by atoms with Crippen molar-refractivity contribution in [2.24, 2.45) is 0 Å². The molecule has 4 nitrogen and oxygen atoms in total. The smallest absolute Gasteiger partial charge is 0.249 e. The third kappa shape index (κ3) is 1.60. The molecule has 0 aromatic carbocycles. The van der Waals surface area contributed by atoms with Crippen molar-refractivity contribution in [2.75, 3.05) is 13.2 Å². The van der Waals surface area contributed by atoms with Gasteiger partial charge in [0.2, 0.25) is 5.91 Å². The van der Waals surface area contributed by atoms with Gasteiger partial charge < -0.3 is 9.64 Å². The first kappa shape index (κ1) is 9.47. The molecule has 0 aromatic heterocycles. The number of hydrogen-bond donors (Lipinski definition) is 0. The average molecular weight is 194 g/mol. The SMILES string of the molecule is N#CC1COCC(=O)N1C1CCCC1. The molecule has 2 rings (SSSR count). The molecule has 1 atom stereocenters. The van der Waals surface area contributed by atoms with E-state index in [2.05, 4.69) is 6.07 Å². The second kappa shape index (κ2) is 3.97. The van der Waals surface area contributed by atoms with Crippen molar-refractivity contribution >= 4 is 5.91 Å². The Kier molecular flexibility index (Phi) is 2.69. The second-order valence-electron chi connectivity index (χ2n) is 3.90. The molecule has 76 valence electrons. The van der Waals surface area contributed by atoms with E-state index in [1.54, 1.807) is 4.90 Å². The van der Waals surface area contributed by atoms with Crippen LogP contribution in [0.4, 0.5) is 0 Å². The van der Waals surface area contributed by atoms with Gasteiger partial charge in [0, 0.05) is 6.04 Å². The Balaban J connectivity index is 2.11. The zero-order valence-corrected chi connectivity index (χ0v) is 8.11. The number of carbonyl (C=O) groups excluding carboxylic acids is 1. The number of morpholine rings is 1. The summed E-state index contributed by atoms with van der Waals surface area (Å²) in [5, 5.41) is 8.92. The van der Waals surface area contributed by atoms with Crippen LogP contribution in [0.3, 0.4) is 0 Å². The van der Waals surface area contributed by atoms with Gasteiger partial charge in [-0.05, 0) is 12.8 Å². The molecule has 1 amide bonds. The maximum atomic E-state index is 11.6. The molecule has 1 aliphatic carbocycles. The molecule has 1 heterocycles. The summed E-state index contributed by atoms with van der Waals surface area (Å²) in [5.41, 5.74) is 0. The standard InChI is InChI=1S/C10H14N2O2/c11-5-9-6-14-7-10(13)12(9)8-3-1-2-4-8/h8-9H,1-4,6-7H2. The van der Waals surface area contributed by atoms with Crippen LogP contribution in [0.5, 0.6) is 0 Å². The van der Waals surface area contributed by atoms with E-state index in [1.165, 1.54) is 12.8 Å². The molecule has 1 saturated carbocycles. The zero-order chi connectivity index (χ0) is 9.97. The molecular weight excluding hydrogens is 180 g/mol. The van der Waals surface area contributed by atoms with E-state index < -0.39 is 0 Å². The molecule has 1 aliphatic heterocycles. The molecule has 0 radical (unpaired) electrons. The molecule has 2 fully saturated rings. The lowest BCUT2D eigenvalue weighted by Gasteiger charge is -2.35. The first-order valence-corrected chi connectivity index (χ1v) is 5.11. The van der Waals surface area contributed by atoms with Crippen molar-refractivity contribution in [1.29, 1.82) is 5.26 Å². The van der Waals surface area contributed by atoms with Crippen LogP contribution in [0.15, 0.2) is 0 Å². The monoisotopic (exact) mass is 194 g/mol. The van der Waals surface area contributed by atoms with Crippen LogP contribution in [0.2, 0.25) is 0 Å². The molecule has 4 heteroatoms. The van der Waals surface area contributed by atoms with Gasteiger partial charge in [-0.2, -0.15) is 5.26 Å². The van der Waals surface area contributed by atoms with Gasteiger partial charge in [-0.15, -0.1) is 0 Å². The minimum Gasteiger partial charge on any atom is -0.368 e. The Morgan fingerprint density at radius 1 is 1.43 bits per heavy atom. The highest BCUT2D eigenvalue weighted by molar-refractivity contribution is 5.79. The van der Waals surface area contributed by atoms with Gasteiger partial charge in [-0.3, -0.25) is 4.79 Å². The van der Waals surface area contributed by atoms with E-state index in [1.807, 2.05) is 0 Å². The van der Waals surface area contributed by atoms with E-state index in [9.17, 15) is 4.79 Å². The third-order valence-corrected chi connectivity index (χ3v) is 2.99. The number of rotatable bonds is 1. The maximum absolute atomic E-state index is 11.6. The van der Waals surface area contributed by atoms with E-state index >= 15 is 0 Å². The summed E-state index contributed by atoms with van der Waals surface area (Å²) in [6.45, 7) is 0.521. The Morgan fingerprint density at radius 2 is 2.14 bits per heavy atom. The third-order valence-electron chi connectivity index (χ3n) is 2.99. The highest BCUT2D eigenvalue weighted by atomic mass is 16.5. The van der Waals surface area contributed by atoms with Gasteiger partial charge in [0.1, 0.15) is 12.6 Å². The van der Waals surface area contributed by atoms with Crippen LogP contribution in [0.25, 0.3) is 0 Å². The van der Waals surface area contributed by atoms with Crippen molar-refractivity contribution < 1.29 is 9.53 Å². The molecule has 0 N–H and O–H groups in total. The summed E-state index contributed by atoms with van der Waals surface area (Å²) in [5.74, 6) is -0.0188. The molecule has 0 aromatic rings. The minimum atomic E-state index is -0.362. The molecule has 1 unspecified atom stereocenters. The van der Waals surface area contributed by atoms with Crippen LogP contribution in [-0.4, -0.2) is 36.1 Å². The number of nitriles is 1. The molecular formula is C10H14N2O2. The summed E-state index contributed by atoms with van der Waals surface area (Å²) in [4.78, 5) is 13.3. The average Bonchev–Trinajstić information content (AvgIpc) is 2.70. The minimum absolute atomic E-state index is 0.0188. The molecule has 0 spiro atoms. The van der Waals surface area contributed by atoms with Crippen molar-refractivity contribution in [1.82, 2.24) is 4.90 Å². The molecule has 14 heavy (non-hydrogen) atoms. The largest absolute Gasteiger partial charge is 0.368 e. The van der Waals surface area contributed by atoms with E-state index in [-0.39, 0.29) is 24.6 Å². The van der Waals surface area contributed by atoms with Crippen LogP contribution in [-0.2, 0) is 9.53 Å². The summed E-state index contributed by atoms with van der Waals surface area (Å²) >= 11 is 0. The quantitative estimate of drug-likeness (QED) is 0.616. The van der Waals surface area contributed by atoms with E-state index in [0.717, 1.165) is 12.8 Å². The highest BCUT2D eigenvalue weighted by Crippen LogP contribution is 2.26. The number of carbonyl (C=O) groups is 1. The fourth-order valence-electron chi connectivity index (χ4n) is 2.33. The molecule has 2 aliphatic rings. The van der Waals surface area contributed by atoms with Crippen molar-refractivity contribution in [2.45, 2.75) is 37.8 Å². The van der Waals surface area contributed by atoms with Crippen molar-refractivity contribution in [3.8, 4) is 6.07 Å². The molecule has 0 bridgehead atoms. The van der Waals surface area contributed by atoms with Gasteiger partial charge in [0.25, 0.3) is 0 Å². The predicted octanol–water partition coefficient (Wildman–Crippen LogP) is 0.680. The first-order valence-electron chi connectivity index (χ1n) is 5.11. The fourth-order valence-corrected chi connectivity index (χ4v) is 2.33. The lowest BCUT2D eigenvalue weighted by molar-refractivity contribution is -0.148. The summed E-state index contributed by atoms with van der Waals surface area (Å²) in [7, 11) is 0. The van der Waals surface area contributed by atoms with Crippen molar-refractivity contribution in [3.05, 3.63) is 0 Å². The predicted molar refractivity (Wildman–Crippen MR) is 49.3 cm³/mol. The lowest BCUT2D eigenvalue weighted by atomic mass is 10.1. The summed E-state index contributed by atoms with van der Waals surface area (Å²) < 4.78 is 5.06. The second-order valence-corrected chi connectivity index (χ2v) is 3.90. The van der Waals surface area contributed by atoms with Crippen molar-refractivity contribution in [3.63, 3.8) is 0 Å². The summed E-state index contributed by atoms with van der Waals surface area (Å²) in [6, 6.07) is 2.07. The Labute approximate surface area is 83.4 Å². The topological polar surface area (TPSA) is 53.3 Å². The first-order chi connectivity index (χ1) is 6.83. The van der Waals surface area contributed by atoms with E-state index in [0.29, 0.717) is 6.61 Å². The maximum Gasteiger partial charge on any atom is 0.249 e. The zero-order valence-electron chi connectivity index (χ0n) is 8.11. The number of amides is 1. The fraction of sp³-hybridized carbons (Fsp3) is 0.800. The van der Waals surface area contributed by atoms with Gasteiger partial charge >= 0.3 is 0 Å². The number of hydrogen-bond acceptors (Lipinski definition) is 3.